The molecule has 0 spiro atoms. The summed E-state index contributed by atoms with van der Waals surface area (Å²) >= 11 is 1.93. The van der Waals surface area contributed by atoms with Crippen LogP contribution in [0.15, 0.2) is 8.49 Å². The molecule has 7 heavy (non-hydrogen) atoms. The van der Waals surface area contributed by atoms with Crippen LogP contribution in [-0.2, 0) is 39.0 Å². The molecule has 0 N–H and O–H groups in total. The monoisotopic (exact) mass is 436 g/mol. The molecule has 0 aromatic rings. The summed E-state index contributed by atoms with van der Waals surface area (Å²) in [4.78, 5) is 3.25. The SMILES string of the molecule is [O-]C([N]=[W])=N[C-]=[W]. The molecular formula is C2N2OW2-2. The molecule has 0 rings (SSSR count). The topological polar surface area (TPSA) is 47.8 Å². The molecule has 38 valence electrons. The van der Waals surface area contributed by atoms with Gasteiger partial charge in [-0.15, -0.1) is 0 Å². The Labute approximate surface area is 63.0 Å². The standard InChI is InChI=1S/C2HN2O.2W/c1-4-2(3)5;;/h(H,4,5);;/q-1;;/p-1. The van der Waals surface area contributed by atoms with Crippen molar-refractivity contribution in [2.24, 2.45) is 8.49 Å². The maximum absolute atomic E-state index is 10.1. The van der Waals surface area contributed by atoms with E-state index in [1.807, 2.05) is 0 Å². The molecule has 3 nitrogen and oxygen atoms in total. The molecule has 0 radical (unpaired) electrons. The molecule has 0 aliphatic carbocycles. The Morgan fingerprint density at radius 3 is 2.43 bits per heavy atom. The van der Waals surface area contributed by atoms with E-state index in [9.17, 15) is 5.11 Å². The fourth-order valence-corrected chi connectivity index (χ4v) is 0.487. The summed E-state index contributed by atoms with van der Waals surface area (Å²) in [5, 5.41) is 10.1. The van der Waals surface area contributed by atoms with Crippen LogP contribution < -0.4 is 5.11 Å². The van der Waals surface area contributed by atoms with Crippen LogP contribution in [0.25, 0.3) is 0 Å². The third-order valence-electron chi connectivity index (χ3n) is 0.219. The van der Waals surface area contributed by atoms with E-state index >= 15 is 0 Å². The second-order valence-corrected chi connectivity index (χ2v) is 1.89. The quantitative estimate of drug-likeness (QED) is 0.284. The third kappa shape index (κ3) is 4.37. The van der Waals surface area contributed by atoms with Crippen LogP contribution in [0.3, 0.4) is 0 Å². The van der Waals surface area contributed by atoms with Gasteiger partial charge in [-0.1, -0.05) is 0 Å². The van der Waals surface area contributed by atoms with Crippen molar-refractivity contribution in [3.8, 4) is 0 Å². The van der Waals surface area contributed by atoms with E-state index in [0.29, 0.717) is 0 Å². The van der Waals surface area contributed by atoms with E-state index in [1.165, 1.54) is 0 Å². The Hall–Kier alpha value is 0.517. The van der Waals surface area contributed by atoms with Crippen LogP contribution in [0.1, 0.15) is 0 Å². The van der Waals surface area contributed by atoms with E-state index in [4.69, 9.17) is 0 Å². The zero-order valence-corrected chi connectivity index (χ0v) is 8.99. The van der Waals surface area contributed by atoms with E-state index < -0.39 is 6.02 Å². The van der Waals surface area contributed by atoms with Gasteiger partial charge >= 0.3 is 63.1 Å². The van der Waals surface area contributed by atoms with Gasteiger partial charge in [-0.3, -0.25) is 0 Å². The van der Waals surface area contributed by atoms with E-state index in [-0.39, 0.29) is 0 Å². The zero-order valence-electron chi connectivity index (χ0n) is 3.12. The molecule has 5 heteroatoms. The van der Waals surface area contributed by atoms with Gasteiger partial charge in [0.15, 0.2) is 0 Å². The van der Waals surface area contributed by atoms with Crippen LogP contribution in [-0.4, -0.2) is 10.5 Å². The first-order chi connectivity index (χ1) is 3.31. The van der Waals surface area contributed by atoms with E-state index in [2.05, 4.69) is 13.0 Å². The van der Waals surface area contributed by atoms with E-state index in [0.717, 1.165) is 39.0 Å². The number of rotatable bonds is 1. The van der Waals surface area contributed by atoms with Gasteiger partial charge in [-0.05, 0) is 0 Å². The fraction of sp³-hybridized carbons (Fsp3) is 0. The molecule has 0 aromatic heterocycles. The van der Waals surface area contributed by atoms with Crippen molar-refractivity contribution < 1.29 is 44.1 Å². The first-order valence-corrected chi connectivity index (χ1v) is 4.04. The fourth-order valence-electron chi connectivity index (χ4n) is 0.0595. The van der Waals surface area contributed by atoms with Crippen LogP contribution in [0.4, 0.5) is 0 Å². The summed E-state index contributed by atoms with van der Waals surface area (Å²) in [6.07, 6.45) is 0. The summed E-state index contributed by atoms with van der Waals surface area (Å²) in [7, 11) is 0. The van der Waals surface area contributed by atoms with Gasteiger partial charge in [-0.2, -0.15) is 0 Å². The summed E-state index contributed by atoms with van der Waals surface area (Å²) in [6.45, 7) is 0. The molecule has 0 aliphatic rings. The van der Waals surface area contributed by atoms with Gasteiger partial charge in [0.25, 0.3) is 0 Å². The van der Waals surface area contributed by atoms with E-state index in [1.54, 1.807) is 0 Å². The third-order valence-corrected chi connectivity index (χ3v) is 1.11. The second-order valence-electron chi connectivity index (χ2n) is 0.577. The predicted octanol–water partition coefficient (Wildman–Crippen LogP) is -1.38. The molecule has 0 bridgehead atoms. The van der Waals surface area contributed by atoms with Crippen molar-refractivity contribution in [3.05, 3.63) is 0 Å². The molecular weight excluding hydrogens is 436 g/mol. The maximum atomic E-state index is 10.1. The summed E-state index contributed by atoms with van der Waals surface area (Å²) in [5.41, 5.74) is 0. The van der Waals surface area contributed by atoms with Gasteiger partial charge in [0.2, 0.25) is 0 Å². The summed E-state index contributed by atoms with van der Waals surface area (Å²) in [6, 6.07) is -0.426. The van der Waals surface area contributed by atoms with Gasteiger partial charge in [0.1, 0.15) is 0 Å². The Morgan fingerprint density at radius 1 is 1.71 bits per heavy atom. The van der Waals surface area contributed by atoms with Gasteiger partial charge < -0.3 is 0 Å². The van der Waals surface area contributed by atoms with Crippen molar-refractivity contribution >= 4 is 10.5 Å². The van der Waals surface area contributed by atoms with Gasteiger partial charge in [0, 0.05) is 0 Å². The van der Waals surface area contributed by atoms with Gasteiger partial charge in [-0.25, -0.2) is 0 Å². The molecule has 0 saturated carbocycles. The number of nitrogens with zero attached hydrogens (tertiary/aromatic N) is 2. The number of hydrogen-bond acceptors (Lipinski definition) is 2. The zero-order chi connectivity index (χ0) is 5.70. The molecule has 0 saturated heterocycles. The van der Waals surface area contributed by atoms with Crippen molar-refractivity contribution in [1.82, 2.24) is 0 Å². The average molecular weight is 436 g/mol. The normalized spacial score (nSPS) is 10.6. The molecule has 0 aromatic carbocycles. The van der Waals surface area contributed by atoms with Crippen LogP contribution in [0.2, 0.25) is 0 Å². The first-order valence-electron chi connectivity index (χ1n) is 1.26. The Morgan fingerprint density at radius 2 is 2.29 bits per heavy atom. The van der Waals surface area contributed by atoms with Crippen molar-refractivity contribution in [3.63, 3.8) is 0 Å². The predicted molar refractivity (Wildman–Crippen MR) is 14.9 cm³/mol. The minimum absolute atomic E-state index is 0.426. The molecule has 0 fully saturated rings. The molecule has 0 unspecified atom stereocenters. The number of aliphatic imine (C=N–C) groups is 1. The molecule has 0 amide bonds. The summed E-state index contributed by atoms with van der Waals surface area (Å²) < 4.78 is 5.70. The van der Waals surface area contributed by atoms with Crippen LogP contribution in [0, 0.1) is 0 Å². The minimum atomic E-state index is -0.426. The Bertz CT molecular complexity index is 110. The van der Waals surface area contributed by atoms with Crippen molar-refractivity contribution in [1.29, 1.82) is 0 Å². The average Bonchev–Trinajstić information content (AvgIpc) is 1.68. The number of hydrogen-bond donors (Lipinski definition) is 0. The van der Waals surface area contributed by atoms with Crippen LogP contribution in [0.5, 0.6) is 0 Å². The molecule has 0 atom stereocenters. The van der Waals surface area contributed by atoms with Crippen molar-refractivity contribution in [2.45, 2.75) is 0 Å². The van der Waals surface area contributed by atoms with Crippen LogP contribution >= 0.6 is 0 Å². The Kier molecular flexibility index (Phi) is 5.01. The molecule has 0 heterocycles. The second kappa shape index (κ2) is 4.67. The Balaban J connectivity index is 3.72. The number of amidine groups is 1. The van der Waals surface area contributed by atoms with Crippen molar-refractivity contribution in [2.75, 3.05) is 0 Å². The molecule has 0 aliphatic heterocycles. The first kappa shape index (κ1) is 7.52. The summed E-state index contributed by atoms with van der Waals surface area (Å²) in [5.74, 6) is 0. The van der Waals surface area contributed by atoms with Gasteiger partial charge in [0.05, 0.1) is 0 Å².